The van der Waals surface area contributed by atoms with Crippen molar-refractivity contribution in [1.82, 2.24) is 0 Å². The molecule has 6 nitrogen and oxygen atoms in total. The van der Waals surface area contributed by atoms with Crippen molar-refractivity contribution in [1.29, 1.82) is 0 Å². The minimum atomic E-state index is -0.754. The van der Waals surface area contributed by atoms with Crippen molar-refractivity contribution in [2.24, 2.45) is 0 Å². The summed E-state index contributed by atoms with van der Waals surface area (Å²) in [6.07, 6.45) is 1.61. The predicted octanol–water partition coefficient (Wildman–Crippen LogP) is 7.42. The second-order valence-electron chi connectivity index (χ2n) is 9.61. The number of amides is 1. The maximum atomic E-state index is 13.0. The average molecular weight is 475 g/mol. The third-order valence-corrected chi connectivity index (χ3v) is 6.92. The molecule has 33 heavy (non-hydrogen) atoms. The number of carbonyl (C=O) groups is 1. The molecule has 0 unspecified atom stereocenters. The van der Waals surface area contributed by atoms with Gasteiger partial charge in [0.15, 0.2) is 6.10 Å². The molecule has 0 aromatic heterocycles. The van der Waals surface area contributed by atoms with Gasteiger partial charge in [0.05, 0.1) is 4.92 Å². The lowest BCUT2D eigenvalue weighted by Crippen LogP contribution is -2.33. The molecule has 0 aliphatic heterocycles. The molecule has 0 fully saturated rings. The van der Waals surface area contributed by atoms with E-state index in [0.717, 1.165) is 18.4 Å². The molecule has 1 N–H and O–H groups in total. The van der Waals surface area contributed by atoms with Gasteiger partial charge in [-0.2, -0.15) is 0 Å². The van der Waals surface area contributed by atoms with E-state index in [1.807, 2.05) is 13.0 Å². The smallest absolute Gasteiger partial charge is 0.289 e. The Hall–Kier alpha value is -2.60. The van der Waals surface area contributed by atoms with Crippen LogP contribution in [0.25, 0.3) is 0 Å². The van der Waals surface area contributed by atoms with Gasteiger partial charge in [0.2, 0.25) is 0 Å². The number of nitro benzene ring substituents is 1. The van der Waals surface area contributed by atoms with Gasteiger partial charge in [-0.3, -0.25) is 14.9 Å². The molecular formula is C26H35ClN2O4. The number of halogens is 1. The van der Waals surface area contributed by atoms with Crippen LogP contribution in [-0.2, 0) is 15.6 Å². The van der Waals surface area contributed by atoms with Crippen molar-refractivity contribution in [3.63, 3.8) is 0 Å². The molecule has 0 bridgehead atoms. The fourth-order valence-corrected chi connectivity index (χ4v) is 3.59. The van der Waals surface area contributed by atoms with Crippen LogP contribution in [0.3, 0.4) is 0 Å². The Labute approximate surface area is 201 Å². The van der Waals surface area contributed by atoms with Crippen molar-refractivity contribution in [2.75, 3.05) is 5.32 Å². The minimum absolute atomic E-state index is 0.0165. The van der Waals surface area contributed by atoms with Crippen LogP contribution in [0.4, 0.5) is 11.4 Å². The van der Waals surface area contributed by atoms with E-state index in [1.54, 1.807) is 0 Å². The summed E-state index contributed by atoms with van der Waals surface area (Å²) in [4.78, 5) is 23.6. The van der Waals surface area contributed by atoms with E-state index in [-0.39, 0.29) is 27.4 Å². The van der Waals surface area contributed by atoms with E-state index >= 15 is 0 Å². The Morgan fingerprint density at radius 1 is 1.06 bits per heavy atom. The van der Waals surface area contributed by atoms with E-state index in [9.17, 15) is 14.9 Å². The number of carbonyl (C=O) groups excluding carboxylic acids is 1. The number of rotatable bonds is 10. The molecule has 1 amide bonds. The topological polar surface area (TPSA) is 81.5 Å². The summed E-state index contributed by atoms with van der Waals surface area (Å²) < 4.78 is 6.25. The highest BCUT2D eigenvalue weighted by Gasteiger charge is 2.29. The SMILES string of the molecule is CC[C@H](Oc1ccc(C(C)(C)CC)cc1C(C)(C)CC)C(=O)Nc1ccc(Cl)c([N+](=O)[O-])c1. The number of hydrogen-bond donors (Lipinski definition) is 1. The number of benzene rings is 2. The zero-order valence-electron chi connectivity index (χ0n) is 20.6. The first-order valence-electron chi connectivity index (χ1n) is 11.4. The number of ether oxygens (including phenoxy) is 1. The van der Waals surface area contributed by atoms with Gasteiger partial charge in [0.1, 0.15) is 10.8 Å². The molecule has 180 valence electrons. The molecule has 0 saturated heterocycles. The zero-order valence-corrected chi connectivity index (χ0v) is 21.4. The van der Waals surface area contributed by atoms with Gasteiger partial charge in [-0.05, 0) is 53.9 Å². The summed E-state index contributed by atoms with van der Waals surface area (Å²) in [5.41, 5.74) is 2.23. The van der Waals surface area contributed by atoms with Gasteiger partial charge in [0, 0.05) is 17.3 Å². The molecular weight excluding hydrogens is 440 g/mol. The third-order valence-electron chi connectivity index (χ3n) is 6.60. The van der Waals surface area contributed by atoms with Gasteiger partial charge in [0.25, 0.3) is 11.6 Å². The Bertz CT molecular complexity index is 1020. The van der Waals surface area contributed by atoms with Crippen LogP contribution in [0.5, 0.6) is 5.75 Å². The molecule has 2 aromatic carbocycles. The van der Waals surface area contributed by atoms with Crippen LogP contribution in [0.15, 0.2) is 36.4 Å². The first kappa shape index (κ1) is 26.7. The number of nitrogens with zero attached hydrogens (tertiary/aromatic N) is 1. The molecule has 7 heteroatoms. The van der Waals surface area contributed by atoms with Gasteiger partial charge < -0.3 is 10.1 Å². The molecule has 0 aliphatic rings. The summed E-state index contributed by atoms with van der Waals surface area (Å²) in [6, 6.07) is 10.4. The van der Waals surface area contributed by atoms with Crippen LogP contribution in [0, 0.1) is 10.1 Å². The Morgan fingerprint density at radius 2 is 1.70 bits per heavy atom. The van der Waals surface area contributed by atoms with Gasteiger partial charge in [-0.1, -0.05) is 72.2 Å². The standard InChI is InChI=1S/C26H35ClN2O4/c1-8-22(24(30)28-18-12-13-20(27)21(16-18)29(31)32)33-23-14-11-17(25(4,5)9-2)15-19(23)26(6,7)10-3/h11-16,22H,8-10H2,1-7H3,(H,28,30)/t22-/m0/s1. The fraction of sp³-hybridized carbons (Fsp3) is 0.500. The summed E-state index contributed by atoms with van der Waals surface area (Å²) in [6.45, 7) is 15.0. The van der Waals surface area contributed by atoms with Crippen molar-refractivity contribution in [3.05, 3.63) is 62.7 Å². The minimum Gasteiger partial charge on any atom is -0.480 e. The lowest BCUT2D eigenvalue weighted by Gasteiger charge is -2.31. The number of anilines is 1. The van der Waals surface area contributed by atoms with E-state index in [1.165, 1.54) is 23.8 Å². The highest BCUT2D eigenvalue weighted by molar-refractivity contribution is 6.32. The largest absolute Gasteiger partial charge is 0.480 e. The van der Waals surface area contributed by atoms with Gasteiger partial charge >= 0.3 is 0 Å². The first-order chi connectivity index (χ1) is 15.4. The summed E-state index contributed by atoms with van der Waals surface area (Å²) >= 11 is 5.87. The molecule has 2 rings (SSSR count). The molecule has 0 radical (unpaired) electrons. The van der Waals surface area contributed by atoms with Crippen LogP contribution in [0.2, 0.25) is 5.02 Å². The lowest BCUT2D eigenvalue weighted by atomic mass is 9.76. The molecule has 1 atom stereocenters. The monoisotopic (exact) mass is 474 g/mol. The summed E-state index contributed by atoms with van der Waals surface area (Å²) in [5, 5.41) is 13.9. The van der Waals surface area contributed by atoms with Crippen LogP contribution >= 0.6 is 11.6 Å². The average Bonchev–Trinajstić information content (AvgIpc) is 2.78. The van der Waals surface area contributed by atoms with Gasteiger partial charge in [-0.25, -0.2) is 0 Å². The number of hydrogen-bond acceptors (Lipinski definition) is 4. The fourth-order valence-electron chi connectivity index (χ4n) is 3.41. The lowest BCUT2D eigenvalue weighted by molar-refractivity contribution is -0.384. The zero-order chi connectivity index (χ0) is 25.0. The van der Waals surface area contributed by atoms with E-state index in [2.05, 4.69) is 59.0 Å². The number of nitrogens with one attached hydrogen (secondary N) is 1. The highest BCUT2D eigenvalue weighted by Crippen LogP contribution is 2.39. The molecule has 0 heterocycles. The summed E-state index contributed by atoms with van der Waals surface area (Å²) in [7, 11) is 0. The molecule has 0 spiro atoms. The van der Waals surface area contributed by atoms with Crippen molar-refractivity contribution in [2.45, 2.75) is 84.7 Å². The highest BCUT2D eigenvalue weighted by atomic mass is 35.5. The molecule has 0 saturated carbocycles. The third kappa shape index (κ3) is 6.26. The Morgan fingerprint density at radius 3 is 2.24 bits per heavy atom. The second-order valence-corrected chi connectivity index (χ2v) is 10.0. The van der Waals surface area contributed by atoms with Crippen molar-refractivity contribution < 1.29 is 14.5 Å². The maximum Gasteiger partial charge on any atom is 0.289 e. The van der Waals surface area contributed by atoms with Crippen LogP contribution in [-0.4, -0.2) is 16.9 Å². The molecule has 0 aliphatic carbocycles. The predicted molar refractivity (Wildman–Crippen MR) is 135 cm³/mol. The van der Waals surface area contributed by atoms with Crippen molar-refractivity contribution in [3.8, 4) is 5.75 Å². The van der Waals surface area contributed by atoms with E-state index in [4.69, 9.17) is 16.3 Å². The Balaban J connectivity index is 2.36. The quantitative estimate of drug-likeness (QED) is 0.287. The van der Waals surface area contributed by atoms with Crippen LogP contribution in [0.1, 0.15) is 78.9 Å². The number of nitro groups is 1. The van der Waals surface area contributed by atoms with Gasteiger partial charge in [-0.15, -0.1) is 0 Å². The van der Waals surface area contributed by atoms with E-state index in [0.29, 0.717) is 17.9 Å². The van der Waals surface area contributed by atoms with E-state index < -0.39 is 11.0 Å². The second kappa shape index (κ2) is 10.6. The normalized spacial score (nSPS) is 12.8. The first-order valence-corrected chi connectivity index (χ1v) is 11.8. The maximum absolute atomic E-state index is 13.0. The Kier molecular flexibility index (Phi) is 8.52. The van der Waals surface area contributed by atoms with Crippen LogP contribution < -0.4 is 10.1 Å². The summed E-state index contributed by atoms with van der Waals surface area (Å²) in [5.74, 6) is 0.314. The molecule has 2 aromatic rings. The van der Waals surface area contributed by atoms with Crippen molar-refractivity contribution >= 4 is 28.9 Å².